The van der Waals surface area contributed by atoms with Gasteiger partial charge in [-0.2, -0.15) is 0 Å². The zero-order valence-corrected chi connectivity index (χ0v) is 18.7. The van der Waals surface area contributed by atoms with E-state index in [-0.39, 0.29) is 29.7 Å². The average Bonchev–Trinajstić information content (AvgIpc) is 3.10. The van der Waals surface area contributed by atoms with Crippen LogP contribution < -0.4 is 10.1 Å². The highest BCUT2D eigenvalue weighted by molar-refractivity contribution is 14.0. The SMILES string of the molecule is CCNC(=NCc1cccc(OC)c1O)N1CCC(N(CC)CC)C1.I. The molecule has 0 aliphatic carbocycles. The Morgan fingerprint density at radius 1 is 1.35 bits per heavy atom. The normalized spacial score (nSPS) is 17.3. The summed E-state index contributed by atoms with van der Waals surface area (Å²) in [5, 5.41) is 13.6. The first kappa shape index (κ1) is 22.8. The highest BCUT2D eigenvalue weighted by Gasteiger charge is 2.28. The second kappa shape index (κ2) is 11.5. The van der Waals surface area contributed by atoms with Crippen molar-refractivity contribution in [1.29, 1.82) is 0 Å². The zero-order valence-electron chi connectivity index (χ0n) is 16.4. The number of aliphatic imine (C=N–C) groups is 1. The monoisotopic (exact) mass is 476 g/mol. The molecule has 1 heterocycles. The van der Waals surface area contributed by atoms with Crippen LogP contribution in [-0.4, -0.2) is 66.7 Å². The van der Waals surface area contributed by atoms with E-state index in [0.29, 0.717) is 18.3 Å². The Morgan fingerprint density at radius 3 is 2.69 bits per heavy atom. The number of nitrogens with zero attached hydrogens (tertiary/aromatic N) is 3. The lowest BCUT2D eigenvalue weighted by Crippen LogP contribution is -2.43. The lowest BCUT2D eigenvalue weighted by molar-refractivity contribution is 0.223. The number of halogens is 1. The van der Waals surface area contributed by atoms with Crippen molar-refractivity contribution < 1.29 is 9.84 Å². The molecule has 0 spiro atoms. The molecule has 1 saturated heterocycles. The summed E-state index contributed by atoms with van der Waals surface area (Å²) in [5.41, 5.74) is 0.772. The first-order chi connectivity index (χ1) is 12.1. The van der Waals surface area contributed by atoms with Gasteiger partial charge in [0.15, 0.2) is 17.5 Å². The molecule has 1 aliphatic rings. The molecule has 7 heteroatoms. The minimum atomic E-state index is 0. The first-order valence-corrected chi connectivity index (χ1v) is 9.26. The number of likely N-dealkylation sites (N-methyl/N-ethyl adjacent to an activating group) is 1. The summed E-state index contributed by atoms with van der Waals surface area (Å²) >= 11 is 0. The van der Waals surface area contributed by atoms with E-state index < -0.39 is 0 Å². The third-order valence-electron chi connectivity index (χ3n) is 4.83. The van der Waals surface area contributed by atoms with Crippen LogP contribution in [0.15, 0.2) is 23.2 Å². The van der Waals surface area contributed by atoms with E-state index in [1.807, 2.05) is 12.1 Å². The lowest BCUT2D eigenvalue weighted by Gasteiger charge is -2.27. The summed E-state index contributed by atoms with van der Waals surface area (Å²) in [6.45, 7) is 12.0. The maximum Gasteiger partial charge on any atom is 0.194 e. The van der Waals surface area contributed by atoms with Crippen LogP contribution in [0.1, 0.15) is 32.8 Å². The minimum absolute atomic E-state index is 0. The van der Waals surface area contributed by atoms with E-state index in [2.05, 4.69) is 35.9 Å². The molecule has 1 aliphatic heterocycles. The molecule has 1 aromatic rings. The van der Waals surface area contributed by atoms with Crippen molar-refractivity contribution in [3.05, 3.63) is 23.8 Å². The Bertz CT molecular complexity index is 579. The fourth-order valence-corrected chi connectivity index (χ4v) is 3.42. The van der Waals surface area contributed by atoms with E-state index in [4.69, 9.17) is 9.73 Å². The van der Waals surface area contributed by atoms with Crippen LogP contribution in [0, 0.1) is 0 Å². The van der Waals surface area contributed by atoms with Crippen LogP contribution in [0.3, 0.4) is 0 Å². The Kier molecular flexibility index (Phi) is 10.1. The summed E-state index contributed by atoms with van der Waals surface area (Å²) in [4.78, 5) is 9.58. The Hall–Kier alpha value is -1.22. The molecule has 1 unspecified atom stereocenters. The zero-order chi connectivity index (χ0) is 18.2. The number of guanidine groups is 1. The Morgan fingerprint density at radius 2 is 2.08 bits per heavy atom. The number of aromatic hydroxyl groups is 1. The maximum atomic E-state index is 10.2. The third-order valence-corrected chi connectivity index (χ3v) is 4.83. The second-order valence-corrected chi connectivity index (χ2v) is 6.25. The predicted molar refractivity (Wildman–Crippen MR) is 118 cm³/mol. The summed E-state index contributed by atoms with van der Waals surface area (Å²) in [6, 6.07) is 6.10. The number of hydrogen-bond donors (Lipinski definition) is 2. The molecule has 148 valence electrons. The van der Waals surface area contributed by atoms with Gasteiger partial charge in [-0.05, 0) is 32.5 Å². The first-order valence-electron chi connectivity index (χ1n) is 9.26. The van der Waals surface area contributed by atoms with E-state index in [1.54, 1.807) is 13.2 Å². The number of likely N-dealkylation sites (tertiary alicyclic amines) is 1. The number of hydrogen-bond acceptors (Lipinski definition) is 4. The van der Waals surface area contributed by atoms with Gasteiger partial charge < -0.3 is 20.1 Å². The number of phenols is 1. The van der Waals surface area contributed by atoms with Gasteiger partial charge >= 0.3 is 0 Å². The van der Waals surface area contributed by atoms with E-state index in [0.717, 1.165) is 50.7 Å². The summed E-state index contributed by atoms with van der Waals surface area (Å²) in [6.07, 6.45) is 1.16. The predicted octanol–water partition coefficient (Wildman–Crippen LogP) is 2.90. The van der Waals surface area contributed by atoms with Crippen LogP contribution in [-0.2, 0) is 6.54 Å². The molecule has 26 heavy (non-hydrogen) atoms. The largest absolute Gasteiger partial charge is 0.504 e. The van der Waals surface area contributed by atoms with Gasteiger partial charge in [0.1, 0.15) is 0 Å². The third kappa shape index (κ3) is 5.64. The molecule has 0 aromatic heterocycles. The van der Waals surface area contributed by atoms with Gasteiger partial charge in [0.05, 0.1) is 13.7 Å². The average molecular weight is 476 g/mol. The van der Waals surface area contributed by atoms with Crippen LogP contribution in [0.2, 0.25) is 0 Å². The molecule has 0 saturated carbocycles. The molecule has 2 N–H and O–H groups in total. The maximum absolute atomic E-state index is 10.2. The van der Waals surface area contributed by atoms with Crippen molar-refractivity contribution in [2.24, 2.45) is 4.99 Å². The van der Waals surface area contributed by atoms with Gasteiger partial charge in [-0.1, -0.05) is 26.0 Å². The second-order valence-electron chi connectivity index (χ2n) is 6.25. The number of methoxy groups -OCH3 is 1. The molecule has 2 rings (SSSR count). The van der Waals surface area contributed by atoms with E-state index in [9.17, 15) is 5.11 Å². The number of rotatable bonds is 7. The molecule has 6 nitrogen and oxygen atoms in total. The number of phenolic OH excluding ortho intramolecular Hbond substituents is 1. The quantitative estimate of drug-likeness (QED) is 0.360. The molecular formula is C19H33IN4O2. The van der Waals surface area contributed by atoms with Gasteiger partial charge in [-0.3, -0.25) is 4.90 Å². The fourth-order valence-electron chi connectivity index (χ4n) is 3.42. The van der Waals surface area contributed by atoms with Crippen molar-refractivity contribution in [2.45, 2.75) is 39.8 Å². The number of para-hydroxylation sites is 1. The summed E-state index contributed by atoms with van der Waals surface area (Å²) in [5.74, 6) is 1.58. The van der Waals surface area contributed by atoms with Gasteiger partial charge in [-0.25, -0.2) is 4.99 Å². The molecule has 1 aromatic carbocycles. The van der Waals surface area contributed by atoms with Gasteiger partial charge in [0.2, 0.25) is 0 Å². The van der Waals surface area contributed by atoms with Crippen molar-refractivity contribution in [3.8, 4) is 11.5 Å². The molecule has 1 atom stereocenters. The molecule has 0 amide bonds. The van der Waals surface area contributed by atoms with Gasteiger partial charge in [0.25, 0.3) is 0 Å². The Labute approximate surface area is 174 Å². The highest BCUT2D eigenvalue weighted by Crippen LogP contribution is 2.29. The van der Waals surface area contributed by atoms with Crippen molar-refractivity contribution in [3.63, 3.8) is 0 Å². The summed E-state index contributed by atoms with van der Waals surface area (Å²) < 4.78 is 5.17. The Balaban J connectivity index is 0.00000338. The standard InChI is InChI=1S/C19H32N4O2.HI/c1-5-20-19(23-12-11-16(14-23)22(6-2)7-3)21-13-15-9-8-10-17(25-4)18(15)24;/h8-10,16,24H,5-7,11-14H2,1-4H3,(H,20,21);1H. The number of ether oxygens (including phenoxy) is 1. The fraction of sp³-hybridized carbons (Fsp3) is 0.632. The van der Waals surface area contributed by atoms with Crippen LogP contribution in [0.5, 0.6) is 11.5 Å². The van der Waals surface area contributed by atoms with Gasteiger partial charge in [0, 0.05) is 31.2 Å². The molecule has 1 fully saturated rings. The van der Waals surface area contributed by atoms with Crippen LogP contribution in [0.25, 0.3) is 0 Å². The van der Waals surface area contributed by atoms with Crippen LogP contribution in [0.4, 0.5) is 0 Å². The smallest absolute Gasteiger partial charge is 0.194 e. The molecular weight excluding hydrogens is 443 g/mol. The van der Waals surface area contributed by atoms with Crippen LogP contribution >= 0.6 is 24.0 Å². The minimum Gasteiger partial charge on any atom is -0.504 e. The van der Waals surface area contributed by atoms with E-state index >= 15 is 0 Å². The number of nitrogens with one attached hydrogen (secondary N) is 1. The lowest BCUT2D eigenvalue weighted by atomic mass is 10.2. The number of benzene rings is 1. The van der Waals surface area contributed by atoms with Crippen molar-refractivity contribution >= 4 is 29.9 Å². The van der Waals surface area contributed by atoms with E-state index in [1.165, 1.54) is 0 Å². The van der Waals surface area contributed by atoms with Gasteiger partial charge in [-0.15, -0.1) is 24.0 Å². The molecule has 0 bridgehead atoms. The topological polar surface area (TPSA) is 60.3 Å². The summed E-state index contributed by atoms with van der Waals surface area (Å²) in [7, 11) is 1.56. The highest BCUT2D eigenvalue weighted by atomic mass is 127. The van der Waals surface area contributed by atoms with Crippen molar-refractivity contribution in [1.82, 2.24) is 15.1 Å². The van der Waals surface area contributed by atoms with Crippen molar-refractivity contribution in [2.75, 3.05) is 39.8 Å². The molecule has 0 radical (unpaired) electrons.